The number of benzene rings is 2. The van der Waals surface area contributed by atoms with Crippen LogP contribution in [-0.4, -0.2) is 5.11 Å². The van der Waals surface area contributed by atoms with Gasteiger partial charge in [0.2, 0.25) is 0 Å². The molecule has 2 nitrogen and oxygen atoms in total. The van der Waals surface area contributed by atoms with E-state index in [1.54, 1.807) is 0 Å². The first-order valence-corrected chi connectivity index (χ1v) is 8.61. The van der Waals surface area contributed by atoms with Gasteiger partial charge in [-0.25, -0.2) is 0 Å². The zero-order chi connectivity index (χ0) is 16.8. The normalized spacial score (nSPS) is 10.9. The van der Waals surface area contributed by atoms with Crippen molar-refractivity contribution >= 4 is 23.0 Å². The number of nitrogens with one attached hydrogen (secondary N) is 2. The number of hydrogen-bond acceptors (Lipinski definition) is 1. The molecule has 0 atom stereocenters. The van der Waals surface area contributed by atoms with Gasteiger partial charge >= 0.3 is 0 Å². The standard InChI is InChI=1S/C20H26N2S/c1-14(2)17-11-8-12-18(15(3)4)19(17)22-20(23)21-13-16-9-6-5-7-10-16/h5-12,14-15H,13H2,1-4H3,(H2,21,22,23). The minimum atomic E-state index is 0.452. The van der Waals surface area contributed by atoms with Gasteiger partial charge in [0.05, 0.1) is 0 Å². The van der Waals surface area contributed by atoms with Gasteiger partial charge in [0.25, 0.3) is 0 Å². The first-order valence-electron chi connectivity index (χ1n) is 8.20. The summed E-state index contributed by atoms with van der Waals surface area (Å²) in [5.41, 5.74) is 4.99. The molecule has 0 saturated carbocycles. The molecule has 2 aromatic carbocycles. The average Bonchev–Trinajstić information content (AvgIpc) is 2.53. The molecule has 2 N–H and O–H groups in total. The van der Waals surface area contributed by atoms with Crippen LogP contribution in [0.4, 0.5) is 5.69 Å². The van der Waals surface area contributed by atoms with Crippen LogP contribution in [0.25, 0.3) is 0 Å². The first-order chi connectivity index (χ1) is 11.0. The summed E-state index contributed by atoms with van der Waals surface area (Å²) in [7, 11) is 0. The fourth-order valence-corrected chi connectivity index (χ4v) is 2.81. The lowest BCUT2D eigenvalue weighted by atomic mass is 9.93. The molecule has 0 aliphatic carbocycles. The van der Waals surface area contributed by atoms with E-state index in [-0.39, 0.29) is 0 Å². The molecule has 0 radical (unpaired) electrons. The smallest absolute Gasteiger partial charge is 0.171 e. The van der Waals surface area contributed by atoms with E-state index in [0.717, 1.165) is 12.2 Å². The van der Waals surface area contributed by atoms with Crippen molar-refractivity contribution in [2.75, 3.05) is 5.32 Å². The van der Waals surface area contributed by atoms with Crippen LogP contribution in [0.5, 0.6) is 0 Å². The molecule has 0 fully saturated rings. The average molecular weight is 327 g/mol. The Morgan fingerprint density at radius 1 is 0.870 bits per heavy atom. The van der Waals surface area contributed by atoms with Crippen LogP contribution in [0, 0.1) is 0 Å². The Labute approximate surface area is 145 Å². The fourth-order valence-electron chi connectivity index (χ4n) is 2.63. The summed E-state index contributed by atoms with van der Waals surface area (Å²) in [6.07, 6.45) is 0. The van der Waals surface area contributed by atoms with E-state index in [4.69, 9.17) is 12.2 Å². The predicted molar refractivity (Wildman–Crippen MR) is 104 cm³/mol. The molecule has 23 heavy (non-hydrogen) atoms. The Kier molecular flexibility index (Phi) is 6.17. The fraction of sp³-hybridized carbons (Fsp3) is 0.350. The van der Waals surface area contributed by atoms with Crippen LogP contribution in [0.3, 0.4) is 0 Å². The third-order valence-electron chi connectivity index (χ3n) is 3.91. The highest BCUT2D eigenvalue weighted by Crippen LogP contribution is 2.32. The SMILES string of the molecule is CC(C)c1cccc(C(C)C)c1NC(=S)NCc1ccccc1. The molecule has 0 spiro atoms. The second-order valence-electron chi connectivity index (χ2n) is 6.41. The quantitative estimate of drug-likeness (QED) is 0.717. The Balaban J connectivity index is 2.13. The van der Waals surface area contributed by atoms with Crippen LogP contribution in [0.1, 0.15) is 56.2 Å². The molecule has 0 aliphatic heterocycles. The van der Waals surface area contributed by atoms with E-state index in [0.29, 0.717) is 16.9 Å². The lowest BCUT2D eigenvalue weighted by molar-refractivity contribution is 0.837. The molecule has 0 aliphatic rings. The molecule has 0 amide bonds. The van der Waals surface area contributed by atoms with E-state index < -0.39 is 0 Å². The van der Waals surface area contributed by atoms with Gasteiger partial charge in [0, 0.05) is 12.2 Å². The minimum Gasteiger partial charge on any atom is -0.358 e. The van der Waals surface area contributed by atoms with E-state index in [1.807, 2.05) is 18.2 Å². The van der Waals surface area contributed by atoms with Crippen LogP contribution in [0.15, 0.2) is 48.5 Å². The van der Waals surface area contributed by atoms with Gasteiger partial charge in [-0.3, -0.25) is 0 Å². The number of rotatable bonds is 5. The van der Waals surface area contributed by atoms with Gasteiger partial charge in [-0.1, -0.05) is 76.2 Å². The second-order valence-corrected chi connectivity index (χ2v) is 6.82. The molecule has 0 bridgehead atoms. The highest BCUT2D eigenvalue weighted by molar-refractivity contribution is 7.80. The summed E-state index contributed by atoms with van der Waals surface area (Å²) < 4.78 is 0. The van der Waals surface area contributed by atoms with Crippen LogP contribution < -0.4 is 10.6 Å². The second kappa shape index (κ2) is 8.11. The summed E-state index contributed by atoms with van der Waals surface area (Å²) >= 11 is 5.51. The summed E-state index contributed by atoms with van der Waals surface area (Å²) in [6, 6.07) is 16.8. The maximum Gasteiger partial charge on any atom is 0.171 e. The Morgan fingerprint density at radius 2 is 1.43 bits per heavy atom. The van der Waals surface area contributed by atoms with Crippen molar-refractivity contribution in [2.24, 2.45) is 0 Å². The molecule has 0 unspecified atom stereocenters. The summed E-state index contributed by atoms with van der Waals surface area (Å²) in [6.45, 7) is 9.58. The number of thiocarbonyl (C=S) groups is 1. The van der Waals surface area contributed by atoms with Gasteiger partial charge in [-0.05, 0) is 40.7 Å². The zero-order valence-electron chi connectivity index (χ0n) is 14.4. The summed E-state index contributed by atoms with van der Waals surface area (Å²) in [4.78, 5) is 0. The predicted octanol–water partition coefficient (Wildman–Crippen LogP) is 5.42. The van der Waals surface area contributed by atoms with E-state index in [1.165, 1.54) is 16.7 Å². The Bertz CT molecular complexity index is 622. The maximum atomic E-state index is 5.51. The highest BCUT2D eigenvalue weighted by Gasteiger charge is 2.14. The highest BCUT2D eigenvalue weighted by atomic mass is 32.1. The number of anilines is 1. The Hall–Kier alpha value is -1.87. The van der Waals surface area contributed by atoms with Gasteiger partial charge < -0.3 is 10.6 Å². The third kappa shape index (κ3) is 4.80. The maximum absolute atomic E-state index is 5.51. The molecule has 0 heterocycles. The molecule has 0 saturated heterocycles. The van der Waals surface area contributed by atoms with Crippen molar-refractivity contribution in [3.05, 3.63) is 65.2 Å². The zero-order valence-corrected chi connectivity index (χ0v) is 15.2. The van der Waals surface area contributed by atoms with Crippen LogP contribution in [-0.2, 0) is 6.54 Å². The van der Waals surface area contributed by atoms with Crippen molar-refractivity contribution in [1.29, 1.82) is 0 Å². The van der Waals surface area contributed by atoms with Gasteiger partial charge in [-0.2, -0.15) is 0 Å². The molecule has 2 rings (SSSR count). The van der Waals surface area contributed by atoms with Crippen molar-refractivity contribution in [2.45, 2.75) is 46.1 Å². The molecular formula is C20H26N2S. The number of hydrogen-bond donors (Lipinski definition) is 2. The van der Waals surface area contributed by atoms with E-state index in [2.05, 4.69) is 68.7 Å². The minimum absolute atomic E-state index is 0.452. The van der Waals surface area contributed by atoms with Crippen molar-refractivity contribution in [3.8, 4) is 0 Å². The number of para-hydroxylation sites is 1. The molecule has 3 heteroatoms. The summed E-state index contributed by atoms with van der Waals surface area (Å²) in [5.74, 6) is 0.904. The molecular weight excluding hydrogens is 300 g/mol. The van der Waals surface area contributed by atoms with Crippen LogP contribution >= 0.6 is 12.2 Å². The van der Waals surface area contributed by atoms with Crippen molar-refractivity contribution in [1.82, 2.24) is 5.32 Å². The first kappa shape index (κ1) is 17.5. The van der Waals surface area contributed by atoms with E-state index >= 15 is 0 Å². The van der Waals surface area contributed by atoms with Crippen molar-refractivity contribution < 1.29 is 0 Å². The van der Waals surface area contributed by atoms with E-state index in [9.17, 15) is 0 Å². The van der Waals surface area contributed by atoms with Crippen LogP contribution in [0.2, 0.25) is 0 Å². The largest absolute Gasteiger partial charge is 0.358 e. The Morgan fingerprint density at radius 3 is 1.96 bits per heavy atom. The lowest BCUT2D eigenvalue weighted by Gasteiger charge is -2.21. The molecule has 122 valence electrons. The van der Waals surface area contributed by atoms with Gasteiger partial charge in [0.15, 0.2) is 5.11 Å². The lowest BCUT2D eigenvalue weighted by Crippen LogP contribution is -2.29. The summed E-state index contributed by atoms with van der Waals surface area (Å²) in [5, 5.41) is 7.40. The van der Waals surface area contributed by atoms with Crippen molar-refractivity contribution in [3.63, 3.8) is 0 Å². The molecule has 2 aromatic rings. The molecule has 0 aromatic heterocycles. The van der Waals surface area contributed by atoms with Gasteiger partial charge in [-0.15, -0.1) is 0 Å². The monoisotopic (exact) mass is 326 g/mol. The third-order valence-corrected chi connectivity index (χ3v) is 4.15. The topological polar surface area (TPSA) is 24.1 Å². The van der Waals surface area contributed by atoms with Gasteiger partial charge in [0.1, 0.15) is 0 Å².